The topological polar surface area (TPSA) is 67.4 Å². The minimum absolute atomic E-state index is 0.170. The van der Waals surface area contributed by atoms with Crippen LogP contribution in [0.25, 0.3) is 0 Å². The first kappa shape index (κ1) is 16.2. The van der Waals surface area contributed by atoms with E-state index in [0.717, 1.165) is 12.0 Å². The Labute approximate surface area is 119 Å². The van der Waals surface area contributed by atoms with Gasteiger partial charge in [-0.2, -0.15) is 0 Å². The lowest BCUT2D eigenvalue weighted by molar-refractivity contribution is -0.122. The molecule has 1 atom stereocenters. The van der Waals surface area contributed by atoms with E-state index in [1.165, 1.54) is 0 Å². The van der Waals surface area contributed by atoms with Gasteiger partial charge in [0.25, 0.3) is 5.91 Å². The predicted octanol–water partition coefficient (Wildman–Crippen LogP) is 1.48. The lowest BCUT2D eigenvalue weighted by atomic mass is 10.1. The van der Waals surface area contributed by atoms with Crippen molar-refractivity contribution in [2.75, 3.05) is 13.7 Å². The van der Waals surface area contributed by atoms with Gasteiger partial charge in [0.15, 0.2) is 0 Å². The summed E-state index contributed by atoms with van der Waals surface area (Å²) in [6, 6.07) is 6.56. The van der Waals surface area contributed by atoms with Gasteiger partial charge in [0.05, 0.1) is 6.61 Å². The molecule has 0 spiro atoms. The Bertz CT molecular complexity index is 443. The molecule has 2 amide bonds. The summed E-state index contributed by atoms with van der Waals surface area (Å²) in [6.45, 7) is 4.77. The SMILES string of the molecule is CCCNC(=O)[C@H](C)NC(=O)c1ccc(COC)cc1. The summed E-state index contributed by atoms with van der Waals surface area (Å²) in [5, 5.41) is 5.42. The second kappa shape index (κ2) is 8.32. The molecule has 5 nitrogen and oxygen atoms in total. The zero-order valence-corrected chi connectivity index (χ0v) is 12.2. The second-order valence-corrected chi connectivity index (χ2v) is 4.62. The highest BCUT2D eigenvalue weighted by molar-refractivity contribution is 5.97. The van der Waals surface area contributed by atoms with E-state index < -0.39 is 6.04 Å². The third-order valence-electron chi connectivity index (χ3n) is 2.82. The lowest BCUT2D eigenvalue weighted by Gasteiger charge is -2.14. The number of ether oxygens (including phenoxy) is 1. The summed E-state index contributed by atoms with van der Waals surface area (Å²) >= 11 is 0. The van der Waals surface area contributed by atoms with Crippen molar-refractivity contribution in [1.82, 2.24) is 10.6 Å². The number of hydrogen-bond donors (Lipinski definition) is 2. The molecule has 0 radical (unpaired) electrons. The molecule has 0 unspecified atom stereocenters. The van der Waals surface area contributed by atoms with E-state index in [0.29, 0.717) is 18.7 Å². The number of benzene rings is 1. The number of methoxy groups -OCH3 is 1. The number of rotatable bonds is 7. The summed E-state index contributed by atoms with van der Waals surface area (Å²) in [5.41, 5.74) is 1.53. The number of amides is 2. The van der Waals surface area contributed by atoms with Crippen molar-refractivity contribution in [3.8, 4) is 0 Å². The molecule has 110 valence electrons. The van der Waals surface area contributed by atoms with E-state index in [-0.39, 0.29) is 11.8 Å². The molecule has 1 rings (SSSR count). The minimum atomic E-state index is -0.548. The van der Waals surface area contributed by atoms with Crippen LogP contribution in [0.4, 0.5) is 0 Å². The standard InChI is InChI=1S/C15H22N2O3/c1-4-9-16-14(18)11(2)17-15(19)13-7-5-12(6-8-13)10-20-3/h5-8,11H,4,9-10H2,1-3H3,(H,16,18)(H,17,19)/t11-/m0/s1. The normalized spacial score (nSPS) is 11.8. The van der Waals surface area contributed by atoms with Crippen molar-refractivity contribution in [3.05, 3.63) is 35.4 Å². The first-order valence-electron chi connectivity index (χ1n) is 6.75. The van der Waals surface area contributed by atoms with E-state index in [4.69, 9.17) is 4.74 Å². The van der Waals surface area contributed by atoms with Crippen LogP contribution in [-0.2, 0) is 16.1 Å². The van der Waals surface area contributed by atoms with Crippen LogP contribution >= 0.6 is 0 Å². The predicted molar refractivity (Wildman–Crippen MR) is 77.4 cm³/mol. The Balaban J connectivity index is 2.55. The van der Waals surface area contributed by atoms with Gasteiger partial charge in [-0.05, 0) is 31.0 Å². The van der Waals surface area contributed by atoms with Crippen molar-refractivity contribution >= 4 is 11.8 Å². The van der Waals surface area contributed by atoms with Crippen LogP contribution in [0.1, 0.15) is 36.2 Å². The van der Waals surface area contributed by atoms with Crippen LogP contribution in [0, 0.1) is 0 Å². The van der Waals surface area contributed by atoms with Gasteiger partial charge in [-0.3, -0.25) is 9.59 Å². The van der Waals surface area contributed by atoms with Gasteiger partial charge in [-0.15, -0.1) is 0 Å². The fourth-order valence-corrected chi connectivity index (χ4v) is 1.67. The summed E-state index contributed by atoms with van der Waals surface area (Å²) in [4.78, 5) is 23.6. The van der Waals surface area contributed by atoms with Crippen molar-refractivity contribution < 1.29 is 14.3 Å². The molecule has 0 saturated heterocycles. The van der Waals surface area contributed by atoms with Crippen LogP contribution in [-0.4, -0.2) is 31.5 Å². The van der Waals surface area contributed by atoms with E-state index in [1.807, 2.05) is 19.1 Å². The number of nitrogens with one attached hydrogen (secondary N) is 2. The monoisotopic (exact) mass is 278 g/mol. The fraction of sp³-hybridized carbons (Fsp3) is 0.467. The van der Waals surface area contributed by atoms with E-state index >= 15 is 0 Å². The largest absolute Gasteiger partial charge is 0.380 e. The van der Waals surface area contributed by atoms with Crippen molar-refractivity contribution in [2.45, 2.75) is 32.9 Å². The first-order chi connectivity index (χ1) is 9.58. The molecule has 0 aromatic heterocycles. The maximum absolute atomic E-state index is 12.0. The van der Waals surface area contributed by atoms with Crippen LogP contribution < -0.4 is 10.6 Å². The van der Waals surface area contributed by atoms with Crippen LogP contribution in [0.3, 0.4) is 0 Å². The molecule has 0 heterocycles. The van der Waals surface area contributed by atoms with Gasteiger partial charge in [-0.1, -0.05) is 19.1 Å². The molecular weight excluding hydrogens is 256 g/mol. The Hall–Kier alpha value is -1.88. The van der Waals surface area contributed by atoms with E-state index in [1.54, 1.807) is 26.2 Å². The third-order valence-corrected chi connectivity index (χ3v) is 2.82. The molecule has 1 aromatic rings. The van der Waals surface area contributed by atoms with Gasteiger partial charge in [0.1, 0.15) is 6.04 Å². The maximum atomic E-state index is 12.0. The van der Waals surface area contributed by atoms with Crippen LogP contribution in [0.15, 0.2) is 24.3 Å². The molecule has 0 aliphatic heterocycles. The average Bonchev–Trinajstić information content (AvgIpc) is 2.45. The number of hydrogen-bond acceptors (Lipinski definition) is 3. The quantitative estimate of drug-likeness (QED) is 0.794. The van der Waals surface area contributed by atoms with Gasteiger partial charge >= 0.3 is 0 Å². The molecule has 1 aromatic carbocycles. The van der Waals surface area contributed by atoms with Crippen molar-refractivity contribution in [2.24, 2.45) is 0 Å². The summed E-state index contributed by atoms with van der Waals surface area (Å²) < 4.78 is 5.01. The molecular formula is C15H22N2O3. The molecule has 2 N–H and O–H groups in total. The van der Waals surface area contributed by atoms with Crippen LogP contribution in [0.2, 0.25) is 0 Å². The average molecular weight is 278 g/mol. The van der Waals surface area contributed by atoms with Gasteiger partial charge in [-0.25, -0.2) is 0 Å². The summed E-state index contributed by atoms with van der Waals surface area (Å²) in [7, 11) is 1.62. The van der Waals surface area contributed by atoms with Gasteiger partial charge in [0.2, 0.25) is 5.91 Å². The van der Waals surface area contributed by atoms with Crippen molar-refractivity contribution in [1.29, 1.82) is 0 Å². The zero-order valence-electron chi connectivity index (χ0n) is 12.2. The maximum Gasteiger partial charge on any atom is 0.251 e. The van der Waals surface area contributed by atoms with Gasteiger partial charge in [0, 0.05) is 19.2 Å². The highest BCUT2D eigenvalue weighted by Crippen LogP contribution is 2.05. The molecule has 5 heteroatoms. The smallest absolute Gasteiger partial charge is 0.251 e. The van der Waals surface area contributed by atoms with Gasteiger partial charge < -0.3 is 15.4 Å². The lowest BCUT2D eigenvalue weighted by Crippen LogP contribution is -2.45. The number of carbonyl (C=O) groups is 2. The fourth-order valence-electron chi connectivity index (χ4n) is 1.67. The Morgan fingerprint density at radius 1 is 1.25 bits per heavy atom. The molecule has 0 aliphatic rings. The summed E-state index contributed by atoms with van der Waals surface area (Å²) in [5.74, 6) is -0.427. The van der Waals surface area contributed by atoms with E-state index in [9.17, 15) is 9.59 Å². The molecule has 0 aliphatic carbocycles. The molecule has 0 saturated carbocycles. The first-order valence-corrected chi connectivity index (χ1v) is 6.75. The molecule has 20 heavy (non-hydrogen) atoms. The Morgan fingerprint density at radius 2 is 1.90 bits per heavy atom. The Kier molecular flexibility index (Phi) is 6.73. The minimum Gasteiger partial charge on any atom is -0.380 e. The Morgan fingerprint density at radius 3 is 2.45 bits per heavy atom. The second-order valence-electron chi connectivity index (χ2n) is 4.62. The zero-order chi connectivity index (χ0) is 15.0. The van der Waals surface area contributed by atoms with Crippen molar-refractivity contribution in [3.63, 3.8) is 0 Å². The number of carbonyl (C=O) groups excluding carboxylic acids is 2. The van der Waals surface area contributed by atoms with Crippen LogP contribution in [0.5, 0.6) is 0 Å². The summed E-state index contributed by atoms with van der Waals surface area (Å²) in [6.07, 6.45) is 0.868. The van der Waals surface area contributed by atoms with E-state index in [2.05, 4.69) is 10.6 Å². The molecule has 0 fully saturated rings. The highest BCUT2D eigenvalue weighted by atomic mass is 16.5. The highest BCUT2D eigenvalue weighted by Gasteiger charge is 2.15. The molecule has 0 bridgehead atoms. The third kappa shape index (κ3) is 5.01.